The minimum atomic E-state index is -0.605. The van der Waals surface area contributed by atoms with Crippen molar-refractivity contribution in [2.75, 3.05) is 19.8 Å². The molecule has 2 saturated heterocycles. The first kappa shape index (κ1) is 15.0. The molecule has 3 atom stereocenters. The normalized spacial score (nSPS) is 34.4. The van der Waals surface area contributed by atoms with Crippen LogP contribution in [-0.4, -0.2) is 51.0 Å². The second kappa shape index (κ2) is 6.07. The highest BCUT2D eigenvalue weighted by molar-refractivity contribution is 4.99. The van der Waals surface area contributed by atoms with Crippen LogP contribution in [0, 0.1) is 5.92 Å². The fourth-order valence-corrected chi connectivity index (χ4v) is 3.84. The second-order valence-corrected chi connectivity index (χ2v) is 6.60. The quantitative estimate of drug-likeness (QED) is 0.917. The summed E-state index contributed by atoms with van der Waals surface area (Å²) in [6, 6.07) is 0.405. The zero-order valence-electron chi connectivity index (χ0n) is 13.2. The van der Waals surface area contributed by atoms with E-state index in [1.165, 1.54) is 6.42 Å². The number of hydrogen-bond donors (Lipinski definition) is 1. The maximum atomic E-state index is 10.7. The fourth-order valence-electron chi connectivity index (χ4n) is 3.84. The largest absolute Gasteiger partial charge is 0.390 e. The van der Waals surface area contributed by atoms with E-state index in [-0.39, 0.29) is 5.92 Å². The molecule has 21 heavy (non-hydrogen) atoms. The van der Waals surface area contributed by atoms with Crippen molar-refractivity contribution in [2.24, 2.45) is 5.92 Å². The number of imidazole rings is 1. The van der Waals surface area contributed by atoms with Crippen molar-refractivity contribution < 1.29 is 9.84 Å². The Labute approximate surface area is 126 Å². The molecule has 0 bridgehead atoms. The predicted octanol–water partition coefficient (Wildman–Crippen LogP) is 1.65. The smallest absolute Gasteiger partial charge is 0.122 e. The molecule has 5 heteroatoms. The summed E-state index contributed by atoms with van der Waals surface area (Å²) >= 11 is 0. The molecule has 5 nitrogen and oxygen atoms in total. The summed E-state index contributed by atoms with van der Waals surface area (Å²) in [5, 5.41) is 10.7. The number of likely N-dealkylation sites (tertiary alicyclic amines) is 1. The predicted molar refractivity (Wildman–Crippen MR) is 80.9 cm³/mol. The third kappa shape index (κ3) is 3.00. The Bertz CT molecular complexity index is 472. The van der Waals surface area contributed by atoms with E-state index in [9.17, 15) is 5.11 Å². The molecule has 0 unspecified atom stereocenters. The molecule has 1 N–H and O–H groups in total. The maximum Gasteiger partial charge on any atom is 0.122 e. The van der Waals surface area contributed by atoms with Crippen molar-refractivity contribution in [1.29, 1.82) is 0 Å². The van der Waals surface area contributed by atoms with Crippen LogP contribution in [0.2, 0.25) is 0 Å². The molecule has 0 spiro atoms. The summed E-state index contributed by atoms with van der Waals surface area (Å²) in [7, 11) is 0. The van der Waals surface area contributed by atoms with Crippen LogP contribution >= 0.6 is 0 Å². The van der Waals surface area contributed by atoms with Crippen molar-refractivity contribution in [2.45, 2.75) is 57.8 Å². The highest BCUT2D eigenvalue weighted by atomic mass is 16.5. The van der Waals surface area contributed by atoms with Gasteiger partial charge >= 0.3 is 0 Å². The van der Waals surface area contributed by atoms with Gasteiger partial charge in [-0.05, 0) is 39.7 Å². The van der Waals surface area contributed by atoms with Crippen molar-refractivity contribution in [3.05, 3.63) is 18.2 Å². The number of ether oxygens (including phenoxy) is 1. The molecule has 2 aliphatic rings. The summed E-state index contributed by atoms with van der Waals surface area (Å²) in [6.45, 7) is 8.40. The lowest BCUT2D eigenvalue weighted by Crippen LogP contribution is -2.52. The van der Waals surface area contributed by atoms with Gasteiger partial charge in [-0.15, -0.1) is 0 Å². The van der Waals surface area contributed by atoms with Crippen molar-refractivity contribution >= 4 is 0 Å². The lowest BCUT2D eigenvalue weighted by molar-refractivity contribution is -0.123. The van der Waals surface area contributed by atoms with E-state index >= 15 is 0 Å². The third-order valence-corrected chi connectivity index (χ3v) is 5.21. The number of aryl methyl sites for hydroxylation is 1. The van der Waals surface area contributed by atoms with Crippen LogP contribution in [0.5, 0.6) is 0 Å². The molecule has 1 aromatic rings. The van der Waals surface area contributed by atoms with Crippen LogP contribution in [0.15, 0.2) is 12.4 Å². The van der Waals surface area contributed by atoms with E-state index in [1.807, 2.05) is 19.3 Å². The van der Waals surface area contributed by atoms with Gasteiger partial charge in [0.15, 0.2) is 0 Å². The third-order valence-electron chi connectivity index (χ3n) is 5.21. The summed E-state index contributed by atoms with van der Waals surface area (Å²) in [6.07, 6.45) is 7.01. The Balaban J connectivity index is 1.73. The number of hydrogen-bond acceptors (Lipinski definition) is 4. The Morgan fingerprint density at radius 1 is 1.52 bits per heavy atom. The number of aliphatic hydroxyl groups is 1. The topological polar surface area (TPSA) is 50.5 Å². The summed E-state index contributed by atoms with van der Waals surface area (Å²) < 4.78 is 7.85. The molecule has 118 valence electrons. The average molecular weight is 293 g/mol. The van der Waals surface area contributed by atoms with Crippen LogP contribution in [0.3, 0.4) is 0 Å². The van der Waals surface area contributed by atoms with E-state index in [4.69, 9.17) is 4.74 Å². The van der Waals surface area contributed by atoms with Crippen molar-refractivity contribution in [1.82, 2.24) is 14.5 Å². The zero-order chi connectivity index (χ0) is 14.9. The molecule has 2 aliphatic heterocycles. The lowest BCUT2D eigenvalue weighted by Gasteiger charge is -2.43. The van der Waals surface area contributed by atoms with Gasteiger partial charge in [-0.25, -0.2) is 4.98 Å². The Morgan fingerprint density at radius 3 is 3.14 bits per heavy atom. The van der Waals surface area contributed by atoms with Gasteiger partial charge in [-0.1, -0.05) is 0 Å². The van der Waals surface area contributed by atoms with Crippen molar-refractivity contribution in [3.63, 3.8) is 0 Å². The van der Waals surface area contributed by atoms with E-state index in [0.29, 0.717) is 19.3 Å². The molecule has 0 radical (unpaired) electrons. The summed E-state index contributed by atoms with van der Waals surface area (Å²) in [5.74, 6) is 1.33. The van der Waals surface area contributed by atoms with Gasteiger partial charge in [-0.3, -0.25) is 4.90 Å². The van der Waals surface area contributed by atoms with E-state index < -0.39 is 5.60 Å². The van der Waals surface area contributed by atoms with Gasteiger partial charge < -0.3 is 14.4 Å². The molecule has 1 aromatic heterocycles. The molecule has 0 aromatic carbocycles. The Morgan fingerprint density at radius 2 is 2.38 bits per heavy atom. The summed E-state index contributed by atoms with van der Waals surface area (Å²) in [4.78, 5) is 6.98. The lowest BCUT2D eigenvalue weighted by atomic mass is 9.79. The number of nitrogens with zero attached hydrogens (tertiary/aromatic N) is 3. The molecular weight excluding hydrogens is 266 g/mol. The van der Waals surface area contributed by atoms with Gasteiger partial charge in [0.2, 0.25) is 0 Å². The van der Waals surface area contributed by atoms with Crippen LogP contribution in [0.1, 0.15) is 38.9 Å². The van der Waals surface area contributed by atoms with E-state index in [2.05, 4.69) is 21.4 Å². The molecular formula is C16H27N3O2. The van der Waals surface area contributed by atoms with Crippen LogP contribution < -0.4 is 0 Å². The number of rotatable bonds is 4. The average Bonchev–Trinajstić information content (AvgIpc) is 3.08. The fraction of sp³-hybridized carbons (Fsp3) is 0.812. The molecule has 0 saturated carbocycles. The Hall–Kier alpha value is -0.910. The minimum absolute atomic E-state index is 0.207. The first-order valence-corrected chi connectivity index (χ1v) is 8.16. The minimum Gasteiger partial charge on any atom is -0.390 e. The molecule has 3 rings (SSSR count). The maximum absolute atomic E-state index is 10.7. The monoisotopic (exact) mass is 293 g/mol. The van der Waals surface area contributed by atoms with Crippen LogP contribution in [0.25, 0.3) is 0 Å². The zero-order valence-corrected chi connectivity index (χ0v) is 13.2. The first-order chi connectivity index (χ1) is 10.1. The number of aromatic nitrogens is 2. The highest BCUT2D eigenvalue weighted by Gasteiger charge is 2.44. The SMILES string of the molecule is CCn1ccnc1CN1CCC[C@@H]1[C@@H]1COCC[C@@]1(C)O. The molecule has 0 aliphatic carbocycles. The second-order valence-electron chi connectivity index (χ2n) is 6.60. The summed E-state index contributed by atoms with van der Waals surface area (Å²) in [5.41, 5.74) is -0.605. The standard InChI is InChI=1S/C16H27N3O2/c1-3-18-9-7-17-15(18)11-19-8-4-5-14(19)13-12-21-10-6-16(13,2)20/h7,9,13-14,20H,3-6,8,10-12H2,1-2H3/t13-,14+,16+/m0/s1. The van der Waals surface area contributed by atoms with E-state index in [0.717, 1.165) is 38.3 Å². The van der Waals surface area contributed by atoms with E-state index in [1.54, 1.807) is 0 Å². The van der Waals surface area contributed by atoms with Crippen LogP contribution in [-0.2, 0) is 17.8 Å². The molecule has 3 heterocycles. The van der Waals surface area contributed by atoms with Gasteiger partial charge in [0.25, 0.3) is 0 Å². The van der Waals surface area contributed by atoms with Crippen LogP contribution in [0.4, 0.5) is 0 Å². The van der Waals surface area contributed by atoms with Gasteiger partial charge in [0.05, 0.1) is 18.8 Å². The van der Waals surface area contributed by atoms with Gasteiger partial charge in [0, 0.05) is 37.5 Å². The first-order valence-electron chi connectivity index (χ1n) is 8.16. The van der Waals surface area contributed by atoms with Gasteiger partial charge in [0.1, 0.15) is 5.82 Å². The Kier molecular flexibility index (Phi) is 4.33. The molecule has 2 fully saturated rings. The van der Waals surface area contributed by atoms with Gasteiger partial charge in [-0.2, -0.15) is 0 Å². The molecule has 0 amide bonds. The highest BCUT2D eigenvalue weighted by Crippen LogP contribution is 2.36. The van der Waals surface area contributed by atoms with Crippen molar-refractivity contribution in [3.8, 4) is 0 Å².